The molecule has 30 heavy (non-hydrogen) atoms. The molecule has 3 nitrogen and oxygen atoms in total. The van der Waals surface area contributed by atoms with Gasteiger partial charge in [-0.15, -0.1) is 0 Å². The lowest BCUT2D eigenvalue weighted by Gasteiger charge is -2.27. The van der Waals surface area contributed by atoms with Gasteiger partial charge in [-0.1, -0.05) is 75.8 Å². The summed E-state index contributed by atoms with van der Waals surface area (Å²) in [6.07, 6.45) is 12.6. The fourth-order valence-corrected chi connectivity index (χ4v) is 4.06. The van der Waals surface area contributed by atoms with E-state index in [2.05, 4.69) is 45.9 Å². The fourth-order valence-electron chi connectivity index (χ4n) is 4.06. The Balaban J connectivity index is 1.65. The molecule has 2 aromatic carbocycles. The molecule has 1 aliphatic carbocycles. The number of carbonyl (C=O) groups is 1. The van der Waals surface area contributed by atoms with E-state index in [-0.39, 0.29) is 17.7 Å². The Morgan fingerprint density at radius 1 is 0.967 bits per heavy atom. The van der Waals surface area contributed by atoms with Crippen molar-refractivity contribution in [1.82, 2.24) is 0 Å². The summed E-state index contributed by atoms with van der Waals surface area (Å²) in [6.45, 7) is 8.39. The average molecular weight is 409 g/mol. The highest BCUT2D eigenvalue weighted by molar-refractivity contribution is 5.98. The number of rotatable bonds is 10. The van der Waals surface area contributed by atoms with Crippen LogP contribution >= 0.6 is 0 Å². The zero-order chi connectivity index (χ0) is 21.6. The van der Waals surface area contributed by atoms with E-state index < -0.39 is 0 Å². The first kappa shape index (κ1) is 22.4. The van der Waals surface area contributed by atoms with Crippen molar-refractivity contribution in [1.29, 1.82) is 0 Å². The Morgan fingerprint density at radius 3 is 2.43 bits per heavy atom. The van der Waals surface area contributed by atoms with Crippen molar-refractivity contribution < 1.29 is 14.3 Å². The van der Waals surface area contributed by atoms with Crippen LogP contribution in [0, 0.1) is 0 Å². The molecule has 0 saturated heterocycles. The predicted octanol–water partition coefficient (Wildman–Crippen LogP) is 7.77. The van der Waals surface area contributed by atoms with Crippen LogP contribution in [0.25, 0.3) is 16.8 Å². The lowest BCUT2D eigenvalue weighted by atomic mass is 9.90. The maximum Gasteiger partial charge on any atom is 0.306 e. The minimum absolute atomic E-state index is 0.110. The van der Waals surface area contributed by atoms with E-state index in [1.807, 2.05) is 24.3 Å². The second-order valence-corrected chi connectivity index (χ2v) is 9.28. The van der Waals surface area contributed by atoms with Gasteiger partial charge in [0.05, 0.1) is 0 Å². The lowest BCUT2D eigenvalue weighted by molar-refractivity contribution is -0.147. The standard InChI is InChI=1S/C27H36O3/c1-5-6-7-8-9-10-11-15-25(28)29-23-19-17-22-24(30-27(2,3)4)18-16-20-13-12-14-21(23)26(20)22/h12-14,16-19,23H,5-11,15H2,1-4H3. The highest BCUT2D eigenvalue weighted by Gasteiger charge is 2.24. The molecule has 0 aliphatic heterocycles. The van der Waals surface area contributed by atoms with Crippen molar-refractivity contribution >= 4 is 22.8 Å². The van der Waals surface area contributed by atoms with Gasteiger partial charge in [-0.3, -0.25) is 4.79 Å². The van der Waals surface area contributed by atoms with Crippen LogP contribution in [-0.4, -0.2) is 11.6 Å². The molecule has 0 saturated carbocycles. The van der Waals surface area contributed by atoms with Crippen LogP contribution < -0.4 is 4.74 Å². The van der Waals surface area contributed by atoms with Crippen LogP contribution in [0.1, 0.15) is 96.3 Å². The Bertz CT molecular complexity index is 889. The van der Waals surface area contributed by atoms with Crippen LogP contribution in [0.5, 0.6) is 5.75 Å². The molecule has 1 atom stereocenters. The zero-order valence-electron chi connectivity index (χ0n) is 19.0. The van der Waals surface area contributed by atoms with E-state index in [1.165, 1.54) is 32.1 Å². The molecule has 0 N–H and O–H groups in total. The summed E-state index contributed by atoms with van der Waals surface area (Å²) >= 11 is 0. The van der Waals surface area contributed by atoms with Crippen molar-refractivity contribution in [3.05, 3.63) is 47.5 Å². The Hall–Kier alpha value is -2.29. The van der Waals surface area contributed by atoms with Crippen LogP contribution in [0.2, 0.25) is 0 Å². The fraction of sp³-hybridized carbons (Fsp3) is 0.519. The third-order valence-corrected chi connectivity index (χ3v) is 5.48. The molecule has 0 radical (unpaired) electrons. The highest BCUT2D eigenvalue weighted by atomic mass is 16.5. The first-order valence-corrected chi connectivity index (χ1v) is 11.5. The number of hydrogen-bond donors (Lipinski definition) is 0. The summed E-state index contributed by atoms with van der Waals surface area (Å²) in [5, 5.41) is 2.26. The molecule has 3 rings (SSSR count). The molecular weight excluding hydrogens is 372 g/mol. The smallest absolute Gasteiger partial charge is 0.306 e. The molecule has 0 spiro atoms. The summed E-state index contributed by atoms with van der Waals surface area (Å²) in [5.74, 6) is 0.757. The van der Waals surface area contributed by atoms with Crippen molar-refractivity contribution in [2.45, 2.75) is 90.8 Å². The zero-order valence-corrected chi connectivity index (χ0v) is 19.0. The predicted molar refractivity (Wildman–Crippen MR) is 125 cm³/mol. The first-order valence-electron chi connectivity index (χ1n) is 11.5. The maximum absolute atomic E-state index is 12.5. The number of hydrogen-bond acceptors (Lipinski definition) is 3. The van der Waals surface area contributed by atoms with E-state index in [4.69, 9.17) is 9.47 Å². The molecule has 0 bridgehead atoms. The quantitative estimate of drug-likeness (QED) is 0.297. The van der Waals surface area contributed by atoms with Gasteiger partial charge in [-0.2, -0.15) is 0 Å². The van der Waals surface area contributed by atoms with Gasteiger partial charge in [0.1, 0.15) is 17.5 Å². The van der Waals surface area contributed by atoms with Gasteiger partial charge in [-0.25, -0.2) is 0 Å². The third-order valence-electron chi connectivity index (χ3n) is 5.48. The normalized spacial score (nSPS) is 15.4. The van der Waals surface area contributed by atoms with Gasteiger partial charge in [-0.05, 0) is 50.1 Å². The SMILES string of the molecule is CCCCCCCCCC(=O)OC1C=Cc2c(OC(C)(C)C)ccc3cccc1c23. The monoisotopic (exact) mass is 408 g/mol. The van der Waals surface area contributed by atoms with Gasteiger partial charge in [0, 0.05) is 17.5 Å². The molecule has 3 heteroatoms. The van der Waals surface area contributed by atoms with E-state index in [0.717, 1.165) is 40.5 Å². The van der Waals surface area contributed by atoms with Gasteiger partial charge in [0.25, 0.3) is 0 Å². The molecule has 2 aromatic rings. The number of ether oxygens (including phenoxy) is 2. The average Bonchev–Trinajstić information content (AvgIpc) is 2.70. The largest absolute Gasteiger partial charge is 0.488 e. The van der Waals surface area contributed by atoms with E-state index in [9.17, 15) is 4.79 Å². The first-order chi connectivity index (χ1) is 14.4. The molecule has 0 aromatic heterocycles. The van der Waals surface area contributed by atoms with E-state index >= 15 is 0 Å². The summed E-state index contributed by atoms with van der Waals surface area (Å²) in [4.78, 5) is 12.5. The second-order valence-electron chi connectivity index (χ2n) is 9.28. The molecule has 0 amide bonds. The summed E-state index contributed by atoms with van der Waals surface area (Å²) in [6, 6.07) is 10.3. The summed E-state index contributed by atoms with van der Waals surface area (Å²) in [5.41, 5.74) is 1.84. The van der Waals surface area contributed by atoms with Crippen molar-refractivity contribution in [3.8, 4) is 5.75 Å². The summed E-state index contributed by atoms with van der Waals surface area (Å²) in [7, 11) is 0. The maximum atomic E-state index is 12.5. The number of carbonyl (C=O) groups excluding carboxylic acids is 1. The van der Waals surface area contributed by atoms with E-state index in [0.29, 0.717) is 6.42 Å². The molecule has 0 fully saturated rings. The molecule has 162 valence electrons. The summed E-state index contributed by atoms with van der Waals surface area (Å²) < 4.78 is 12.0. The van der Waals surface area contributed by atoms with Crippen LogP contribution in [0.3, 0.4) is 0 Å². The number of unbranched alkanes of at least 4 members (excludes halogenated alkanes) is 6. The van der Waals surface area contributed by atoms with Crippen LogP contribution in [-0.2, 0) is 9.53 Å². The third kappa shape index (κ3) is 5.87. The van der Waals surface area contributed by atoms with Gasteiger partial charge in [0.2, 0.25) is 0 Å². The van der Waals surface area contributed by atoms with Gasteiger partial charge in [0.15, 0.2) is 0 Å². The molecular formula is C27H36O3. The van der Waals surface area contributed by atoms with E-state index in [1.54, 1.807) is 0 Å². The van der Waals surface area contributed by atoms with Crippen LogP contribution in [0.4, 0.5) is 0 Å². The van der Waals surface area contributed by atoms with Gasteiger partial charge < -0.3 is 9.47 Å². The Labute approximate surface area is 181 Å². The van der Waals surface area contributed by atoms with Gasteiger partial charge >= 0.3 is 5.97 Å². The Kier molecular flexibility index (Phi) is 7.58. The molecule has 1 unspecified atom stereocenters. The van der Waals surface area contributed by atoms with Crippen molar-refractivity contribution in [2.24, 2.45) is 0 Å². The van der Waals surface area contributed by atoms with Crippen molar-refractivity contribution in [3.63, 3.8) is 0 Å². The minimum Gasteiger partial charge on any atom is -0.488 e. The van der Waals surface area contributed by atoms with Crippen molar-refractivity contribution in [2.75, 3.05) is 0 Å². The molecule has 0 heterocycles. The second kappa shape index (κ2) is 10.1. The lowest BCUT2D eigenvalue weighted by Crippen LogP contribution is -2.23. The molecule has 1 aliphatic rings. The van der Waals surface area contributed by atoms with Crippen LogP contribution in [0.15, 0.2) is 36.4 Å². The topological polar surface area (TPSA) is 35.5 Å². The highest BCUT2D eigenvalue weighted by Crippen LogP contribution is 2.40. The Morgan fingerprint density at radius 2 is 1.70 bits per heavy atom. The number of esters is 1. The number of benzene rings is 2. The minimum atomic E-state index is -0.330.